The van der Waals surface area contributed by atoms with Crippen LogP contribution in [0.25, 0.3) is 11.1 Å². The number of hydrogen-bond acceptors (Lipinski definition) is 4. The van der Waals surface area contributed by atoms with E-state index in [2.05, 4.69) is 15.6 Å². The van der Waals surface area contributed by atoms with Gasteiger partial charge in [-0.15, -0.1) is 0 Å². The number of nitrogens with zero attached hydrogens (tertiary/aromatic N) is 1. The normalized spacial score (nSPS) is 14.7. The molecule has 0 spiro atoms. The highest BCUT2D eigenvalue weighted by atomic mass is 19.1. The van der Waals surface area contributed by atoms with Crippen LogP contribution in [0.3, 0.4) is 0 Å². The number of ether oxygens (including phenoxy) is 1. The van der Waals surface area contributed by atoms with Gasteiger partial charge in [0.2, 0.25) is 0 Å². The number of hydrogen-bond donors (Lipinski definition) is 2. The van der Waals surface area contributed by atoms with E-state index in [9.17, 15) is 13.6 Å². The summed E-state index contributed by atoms with van der Waals surface area (Å²) in [4.78, 5) is 16.4. The van der Waals surface area contributed by atoms with Crippen molar-refractivity contribution in [2.45, 2.75) is 26.5 Å². The zero-order valence-corrected chi connectivity index (χ0v) is 15.9. The quantitative estimate of drug-likeness (QED) is 0.643. The molecule has 1 aromatic heterocycles. The Morgan fingerprint density at radius 3 is 2.62 bits per heavy atom. The van der Waals surface area contributed by atoms with E-state index in [0.29, 0.717) is 0 Å². The van der Waals surface area contributed by atoms with Gasteiger partial charge in [0.15, 0.2) is 6.23 Å². The van der Waals surface area contributed by atoms with Crippen LogP contribution in [0, 0.1) is 18.6 Å². The highest BCUT2D eigenvalue weighted by molar-refractivity contribution is 6.04. The number of nitrogens with one attached hydrogen (secondary N) is 2. The maximum atomic E-state index is 13.8. The minimum Gasteiger partial charge on any atom is -0.469 e. The zero-order chi connectivity index (χ0) is 20.5. The fourth-order valence-corrected chi connectivity index (χ4v) is 3.26. The summed E-state index contributed by atoms with van der Waals surface area (Å²) in [6, 6.07) is 10.6. The van der Waals surface area contributed by atoms with Crippen molar-refractivity contribution in [3.63, 3.8) is 0 Å². The van der Waals surface area contributed by atoms with Crippen molar-refractivity contribution in [1.29, 1.82) is 0 Å². The summed E-state index contributed by atoms with van der Waals surface area (Å²) in [5, 5.41) is 5.74. The minimum absolute atomic E-state index is 0.0332. The number of pyridine rings is 1. The van der Waals surface area contributed by atoms with Crippen LogP contribution in [0.1, 0.15) is 29.3 Å². The summed E-state index contributed by atoms with van der Waals surface area (Å²) < 4.78 is 33.3. The molecule has 0 saturated heterocycles. The average molecular weight is 395 g/mol. The lowest BCUT2D eigenvalue weighted by molar-refractivity contribution is 0.101. The molecule has 1 atom stereocenters. The van der Waals surface area contributed by atoms with Crippen molar-refractivity contribution in [3.8, 4) is 16.9 Å². The number of aryl methyl sites for hydroxylation is 1. The van der Waals surface area contributed by atoms with Gasteiger partial charge in [0.05, 0.1) is 5.69 Å². The Bertz CT molecular complexity index is 1060. The lowest BCUT2D eigenvalue weighted by atomic mass is 10.0. The summed E-state index contributed by atoms with van der Waals surface area (Å²) in [7, 11) is 0. The first-order valence-electron chi connectivity index (χ1n) is 9.26. The number of aromatic nitrogens is 1. The van der Waals surface area contributed by atoms with Crippen LogP contribution < -0.4 is 15.4 Å². The second-order valence-corrected chi connectivity index (χ2v) is 6.81. The van der Waals surface area contributed by atoms with Crippen molar-refractivity contribution in [3.05, 3.63) is 71.4 Å². The second-order valence-electron chi connectivity index (χ2n) is 6.81. The summed E-state index contributed by atoms with van der Waals surface area (Å²) in [6.45, 7) is 4.02. The molecule has 0 fully saturated rings. The highest BCUT2D eigenvalue weighted by Crippen LogP contribution is 2.38. The van der Waals surface area contributed by atoms with Crippen LogP contribution in [0.2, 0.25) is 0 Å². The molecule has 148 valence electrons. The third kappa shape index (κ3) is 3.63. The maximum absolute atomic E-state index is 13.8. The highest BCUT2D eigenvalue weighted by Gasteiger charge is 2.22. The largest absolute Gasteiger partial charge is 0.469 e. The molecule has 0 aliphatic carbocycles. The SMILES string of the molecule is CCC1Nc2cc(-c3ccc(NC(=O)c4c(F)cccc4F)nc3)c(C)cc2O1. The average Bonchev–Trinajstić information content (AvgIpc) is 3.10. The summed E-state index contributed by atoms with van der Waals surface area (Å²) in [5.41, 5.74) is 3.13. The number of benzene rings is 2. The molecule has 1 aliphatic heterocycles. The third-order valence-corrected chi connectivity index (χ3v) is 4.79. The molecular weight excluding hydrogens is 376 g/mol. The molecule has 5 nitrogen and oxygen atoms in total. The Hall–Kier alpha value is -3.48. The molecule has 0 bridgehead atoms. The van der Waals surface area contributed by atoms with Crippen LogP contribution in [-0.4, -0.2) is 17.1 Å². The minimum atomic E-state index is -0.923. The number of carbonyl (C=O) groups excluding carboxylic acids is 1. The monoisotopic (exact) mass is 395 g/mol. The Morgan fingerprint density at radius 1 is 1.21 bits per heavy atom. The molecule has 2 aromatic carbocycles. The third-order valence-electron chi connectivity index (χ3n) is 4.79. The summed E-state index contributed by atoms with van der Waals surface area (Å²) >= 11 is 0. The van der Waals surface area contributed by atoms with Gasteiger partial charge in [0.25, 0.3) is 5.91 Å². The Balaban J connectivity index is 1.56. The maximum Gasteiger partial charge on any atom is 0.262 e. The van der Waals surface area contributed by atoms with Crippen LogP contribution in [0.5, 0.6) is 5.75 Å². The first kappa shape index (κ1) is 18.9. The molecule has 4 rings (SSSR count). The Kier molecular flexibility index (Phi) is 4.88. The number of carbonyl (C=O) groups is 1. The van der Waals surface area contributed by atoms with E-state index in [1.54, 1.807) is 18.3 Å². The molecule has 0 saturated carbocycles. The number of fused-ring (bicyclic) bond motifs is 1. The van der Waals surface area contributed by atoms with Gasteiger partial charge in [-0.2, -0.15) is 0 Å². The molecule has 0 radical (unpaired) electrons. The van der Waals surface area contributed by atoms with E-state index >= 15 is 0 Å². The number of anilines is 2. The predicted molar refractivity (Wildman–Crippen MR) is 107 cm³/mol. The van der Waals surface area contributed by atoms with Crippen molar-refractivity contribution < 1.29 is 18.3 Å². The van der Waals surface area contributed by atoms with E-state index in [1.807, 2.05) is 26.0 Å². The topological polar surface area (TPSA) is 63.2 Å². The van der Waals surface area contributed by atoms with Crippen molar-refractivity contribution in [2.75, 3.05) is 10.6 Å². The van der Waals surface area contributed by atoms with Crippen LogP contribution in [0.4, 0.5) is 20.3 Å². The molecule has 1 unspecified atom stereocenters. The zero-order valence-electron chi connectivity index (χ0n) is 15.9. The predicted octanol–water partition coefficient (Wildman–Crippen LogP) is 5.13. The molecule has 2 N–H and O–H groups in total. The van der Waals surface area contributed by atoms with E-state index in [1.165, 1.54) is 6.07 Å². The number of rotatable bonds is 4. The fourth-order valence-electron chi connectivity index (χ4n) is 3.26. The van der Waals surface area contributed by atoms with Crippen LogP contribution in [-0.2, 0) is 0 Å². The lowest BCUT2D eigenvalue weighted by Gasteiger charge is -2.10. The van der Waals surface area contributed by atoms with Gasteiger partial charge in [0, 0.05) is 18.2 Å². The van der Waals surface area contributed by atoms with Gasteiger partial charge in [0.1, 0.15) is 28.8 Å². The molecule has 7 heteroatoms. The molecule has 29 heavy (non-hydrogen) atoms. The number of amides is 1. The Labute approximate surface area is 166 Å². The standard InChI is InChI=1S/C22H19F2N3O2/c1-3-20-26-17-10-14(12(2)9-18(17)29-20)13-7-8-19(25-11-13)27-22(28)21-15(23)5-4-6-16(21)24/h4-11,20,26H,3H2,1-2H3,(H,25,27,28). The first-order valence-corrected chi connectivity index (χ1v) is 9.26. The Morgan fingerprint density at radius 2 is 1.97 bits per heavy atom. The van der Waals surface area contributed by atoms with Crippen LogP contribution >= 0.6 is 0 Å². The molecule has 1 amide bonds. The fraction of sp³-hybridized carbons (Fsp3) is 0.182. The van der Waals surface area contributed by atoms with Gasteiger partial charge < -0.3 is 15.4 Å². The summed E-state index contributed by atoms with van der Waals surface area (Å²) in [5.74, 6) is -1.71. The van der Waals surface area contributed by atoms with E-state index in [4.69, 9.17) is 4.74 Å². The van der Waals surface area contributed by atoms with Crippen molar-refractivity contribution >= 4 is 17.4 Å². The summed E-state index contributed by atoms with van der Waals surface area (Å²) in [6.07, 6.45) is 2.42. The van der Waals surface area contributed by atoms with Gasteiger partial charge >= 0.3 is 0 Å². The van der Waals surface area contributed by atoms with Crippen molar-refractivity contribution in [2.24, 2.45) is 0 Å². The lowest BCUT2D eigenvalue weighted by Crippen LogP contribution is -2.17. The van der Waals surface area contributed by atoms with Crippen molar-refractivity contribution in [1.82, 2.24) is 4.98 Å². The molecular formula is C22H19F2N3O2. The smallest absolute Gasteiger partial charge is 0.262 e. The second kappa shape index (κ2) is 7.50. The van der Waals surface area contributed by atoms with E-state index in [-0.39, 0.29) is 12.0 Å². The molecule has 2 heterocycles. The first-order chi connectivity index (χ1) is 14.0. The molecule has 3 aromatic rings. The van der Waals surface area contributed by atoms with Gasteiger partial charge in [-0.05, 0) is 54.4 Å². The number of halogens is 2. The van der Waals surface area contributed by atoms with Gasteiger partial charge in [-0.1, -0.05) is 13.0 Å². The van der Waals surface area contributed by atoms with E-state index in [0.717, 1.165) is 46.7 Å². The van der Waals surface area contributed by atoms with Crippen LogP contribution in [0.15, 0.2) is 48.7 Å². The molecule has 1 aliphatic rings. The van der Waals surface area contributed by atoms with Gasteiger partial charge in [-0.3, -0.25) is 4.79 Å². The van der Waals surface area contributed by atoms with E-state index < -0.39 is 23.1 Å². The van der Waals surface area contributed by atoms with Gasteiger partial charge in [-0.25, -0.2) is 13.8 Å².